The van der Waals surface area contributed by atoms with E-state index in [-0.39, 0.29) is 5.69 Å². The zero-order valence-electron chi connectivity index (χ0n) is 8.97. The number of carboxylic acid groups (broad SMARTS) is 1. The van der Waals surface area contributed by atoms with Crippen LogP contribution in [0.1, 0.15) is 30.3 Å². The van der Waals surface area contributed by atoms with Gasteiger partial charge in [0.15, 0.2) is 5.69 Å². The van der Waals surface area contributed by atoms with Gasteiger partial charge in [0, 0.05) is 19.8 Å². The third-order valence-corrected chi connectivity index (χ3v) is 2.05. The van der Waals surface area contributed by atoms with E-state index in [2.05, 4.69) is 16.9 Å². The molecule has 0 aliphatic rings. The molecule has 1 rings (SSSR count). The highest BCUT2D eigenvalue weighted by Gasteiger charge is 2.08. The lowest BCUT2D eigenvalue weighted by molar-refractivity contribution is 0.0690. The average molecular weight is 209 g/mol. The van der Waals surface area contributed by atoms with Crippen LogP contribution in [0, 0.1) is 0 Å². The van der Waals surface area contributed by atoms with Crippen LogP contribution in [0.2, 0.25) is 0 Å². The van der Waals surface area contributed by atoms with Gasteiger partial charge < -0.3 is 10.0 Å². The topological polar surface area (TPSA) is 66.3 Å². The van der Waals surface area contributed by atoms with Crippen LogP contribution in [0.15, 0.2) is 12.3 Å². The Labute approximate surface area is 88.8 Å². The van der Waals surface area contributed by atoms with Crippen molar-refractivity contribution in [1.82, 2.24) is 9.97 Å². The van der Waals surface area contributed by atoms with Gasteiger partial charge in [-0.1, -0.05) is 13.3 Å². The van der Waals surface area contributed by atoms with E-state index in [9.17, 15) is 4.79 Å². The molecule has 1 aromatic rings. The van der Waals surface area contributed by atoms with E-state index in [4.69, 9.17) is 5.11 Å². The first kappa shape index (κ1) is 11.4. The van der Waals surface area contributed by atoms with Gasteiger partial charge in [0.25, 0.3) is 0 Å². The molecule has 0 aliphatic heterocycles. The lowest BCUT2D eigenvalue weighted by Crippen LogP contribution is -2.21. The molecule has 0 saturated carbocycles. The molecule has 15 heavy (non-hydrogen) atoms. The second-order valence-corrected chi connectivity index (χ2v) is 3.32. The maximum absolute atomic E-state index is 10.7. The quantitative estimate of drug-likeness (QED) is 0.794. The summed E-state index contributed by atoms with van der Waals surface area (Å²) < 4.78 is 0. The molecule has 0 fully saturated rings. The smallest absolute Gasteiger partial charge is 0.354 e. The molecule has 0 unspecified atom stereocenters. The second-order valence-electron chi connectivity index (χ2n) is 3.32. The Hall–Kier alpha value is -1.65. The number of aromatic nitrogens is 2. The van der Waals surface area contributed by atoms with Crippen LogP contribution in [0.5, 0.6) is 0 Å². The van der Waals surface area contributed by atoms with Crippen molar-refractivity contribution in [3.63, 3.8) is 0 Å². The van der Waals surface area contributed by atoms with Crippen molar-refractivity contribution in [3.05, 3.63) is 18.0 Å². The Balaban J connectivity index is 2.76. The van der Waals surface area contributed by atoms with Gasteiger partial charge in [-0.15, -0.1) is 0 Å². The Morgan fingerprint density at radius 3 is 2.93 bits per heavy atom. The highest BCUT2D eigenvalue weighted by molar-refractivity contribution is 5.85. The molecule has 0 radical (unpaired) electrons. The van der Waals surface area contributed by atoms with Gasteiger partial charge in [-0.05, 0) is 12.5 Å². The lowest BCUT2D eigenvalue weighted by Gasteiger charge is -2.16. The predicted octanol–water partition coefficient (Wildman–Crippen LogP) is 1.41. The van der Waals surface area contributed by atoms with Crippen molar-refractivity contribution in [2.24, 2.45) is 0 Å². The molecule has 0 aliphatic carbocycles. The fraction of sp³-hybridized carbons (Fsp3) is 0.500. The van der Waals surface area contributed by atoms with E-state index in [0.717, 1.165) is 19.4 Å². The van der Waals surface area contributed by atoms with Crippen molar-refractivity contribution in [1.29, 1.82) is 0 Å². The number of anilines is 1. The third-order valence-electron chi connectivity index (χ3n) is 2.05. The zero-order chi connectivity index (χ0) is 11.3. The van der Waals surface area contributed by atoms with Gasteiger partial charge in [-0.25, -0.2) is 14.8 Å². The molecule has 1 N–H and O–H groups in total. The van der Waals surface area contributed by atoms with Crippen LogP contribution < -0.4 is 4.90 Å². The summed E-state index contributed by atoms with van der Waals surface area (Å²) in [6, 6.07) is 1.39. The van der Waals surface area contributed by atoms with Gasteiger partial charge in [0.2, 0.25) is 5.95 Å². The van der Waals surface area contributed by atoms with Crippen molar-refractivity contribution in [3.8, 4) is 0 Å². The SMILES string of the molecule is CCCCN(C)c1nccc(C(=O)O)n1. The first-order chi connectivity index (χ1) is 7.15. The molecule has 0 amide bonds. The van der Waals surface area contributed by atoms with E-state index in [1.807, 2.05) is 11.9 Å². The molecule has 5 heteroatoms. The first-order valence-corrected chi connectivity index (χ1v) is 4.92. The van der Waals surface area contributed by atoms with Gasteiger partial charge in [0.1, 0.15) is 0 Å². The molecule has 0 saturated heterocycles. The summed E-state index contributed by atoms with van der Waals surface area (Å²) in [5.74, 6) is -0.564. The van der Waals surface area contributed by atoms with E-state index in [1.165, 1.54) is 12.3 Å². The number of carbonyl (C=O) groups is 1. The van der Waals surface area contributed by atoms with Crippen molar-refractivity contribution >= 4 is 11.9 Å². The summed E-state index contributed by atoms with van der Waals surface area (Å²) >= 11 is 0. The van der Waals surface area contributed by atoms with Gasteiger partial charge >= 0.3 is 5.97 Å². The average Bonchev–Trinajstić information content (AvgIpc) is 2.26. The van der Waals surface area contributed by atoms with E-state index < -0.39 is 5.97 Å². The summed E-state index contributed by atoms with van der Waals surface area (Å²) in [5, 5.41) is 8.76. The highest BCUT2D eigenvalue weighted by atomic mass is 16.4. The molecule has 0 aromatic carbocycles. The Morgan fingerprint density at radius 2 is 2.33 bits per heavy atom. The Bertz CT molecular complexity index is 341. The molecule has 0 atom stereocenters. The zero-order valence-corrected chi connectivity index (χ0v) is 8.97. The molecular formula is C10H15N3O2. The highest BCUT2D eigenvalue weighted by Crippen LogP contribution is 2.06. The minimum atomic E-state index is -1.03. The molecule has 0 bridgehead atoms. The largest absolute Gasteiger partial charge is 0.477 e. The Morgan fingerprint density at radius 1 is 1.60 bits per heavy atom. The molecule has 5 nitrogen and oxygen atoms in total. The summed E-state index contributed by atoms with van der Waals surface area (Å²) in [7, 11) is 1.86. The maximum Gasteiger partial charge on any atom is 0.354 e. The van der Waals surface area contributed by atoms with Gasteiger partial charge in [-0.3, -0.25) is 0 Å². The van der Waals surface area contributed by atoms with E-state index >= 15 is 0 Å². The van der Waals surface area contributed by atoms with Gasteiger partial charge in [0.05, 0.1) is 0 Å². The molecule has 1 aromatic heterocycles. The Kier molecular flexibility index (Phi) is 4.03. The molecular weight excluding hydrogens is 194 g/mol. The number of aromatic carboxylic acids is 1. The third kappa shape index (κ3) is 3.19. The summed E-state index contributed by atoms with van der Waals surface area (Å²) in [5.41, 5.74) is 0.0309. The fourth-order valence-electron chi connectivity index (χ4n) is 1.15. The van der Waals surface area contributed by atoms with Gasteiger partial charge in [-0.2, -0.15) is 0 Å². The number of hydrogen-bond donors (Lipinski definition) is 1. The maximum atomic E-state index is 10.7. The number of unbranched alkanes of at least 4 members (excludes halogenated alkanes) is 1. The summed E-state index contributed by atoms with van der Waals surface area (Å²) in [4.78, 5) is 20.5. The fourth-order valence-corrected chi connectivity index (χ4v) is 1.15. The number of hydrogen-bond acceptors (Lipinski definition) is 4. The molecule has 1 heterocycles. The van der Waals surface area contributed by atoms with E-state index in [1.54, 1.807) is 0 Å². The molecule has 0 spiro atoms. The standard InChI is InChI=1S/C10H15N3O2/c1-3-4-7-13(2)10-11-6-5-8(12-10)9(14)15/h5-6H,3-4,7H2,1-2H3,(H,14,15). The van der Waals surface area contributed by atoms with Crippen LogP contribution in [-0.2, 0) is 0 Å². The lowest BCUT2D eigenvalue weighted by atomic mass is 10.3. The summed E-state index contributed by atoms with van der Waals surface area (Å²) in [6.45, 7) is 2.93. The van der Waals surface area contributed by atoms with Crippen molar-refractivity contribution < 1.29 is 9.90 Å². The number of rotatable bonds is 5. The molecule has 82 valence electrons. The van der Waals surface area contributed by atoms with Crippen LogP contribution in [0.25, 0.3) is 0 Å². The van der Waals surface area contributed by atoms with Crippen LogP contribution in [0.4, 0.5) is 5.95 Å². The van der Waals surface area contributed by atoms with Crippen molar-refractivity contribution in [2.45, 2.75) is 19.8 Å². The van der Waals surface area contributed by atoms with Crippen LogP contribution in [0.3, 0.4) is 0 Å². The van der Waals surface area contributed by atoms with Crippen molar-refractivity contribution in [2.75, 3.05) is 18.5 Å². The monoisotopic (exact) mass is 209 g/mol. The second kappa shape index (κ2) is 5.29. The van der Waals surface area contributed by atoms with Crippen LogP contribution in [-0.4, -0.2) is 34.6 Å². The minimum Gasteiger partial charge on any atom is -0.477 e. The normalized spacial score (nSPS) is 10.0. The first-order valence-electron chi connectivity index (χ1n) is 4.92. The number of carboxylic acids is 1. The predicted molar refractivity (Wildman–Crippen MR) is 57.2 cm³/mol. The minimum absolute atomic E-state index is 0.0309. The van der Waals surface area contributed by atoms with Crippen LogP contribution >= 0.6 is 0 Å². The van der Waals surface area contributed by atoms with E-state index in [0.29, 0.717) is 5.95 Å². The number of nitrogens with zero attached hydrogens (tertiary/aromatic N) is 3. The summed E-state index contributed by atoms with van der Waals surface area (Å²) in [6.07, 6.45) is 3.59.